The Labute approximate surface area is 231 Å². The molecule has 3 N–H and O–H groups in total. The molecule has 0 radical (unpaired) electrons. The third kappa shape index (κ3) is 6.33. The number of benzene rings is 1. The van der Waals surface area contributed by atoms with Gasteiger partial charge in [-0.3, -0.25) is 4.98 Å². The molecule has 210 valence electrons. The zero-order valence-corrected chi connectivity index (χ0v) is 23.3. The highest BCUT2D eigenvalue weighted by molar-refractivity contribution is 5.78. The highest BCUT2D eigenvalue weighted by Crippen LogP contribution is 2.25. The van der Waals surface area contributed by atoms with Gasteiger partial charge < -0.3 is 29.6 Å². The predicted octanol–water partition coefficient (Wildman–Crippen LogP) is 4.94. The Bertz CT molecular complexity index is 1560. The smallest absolute Gasteiger partial charge is 0.417 e. The Morgan fingerprint density at radius 1 is 1.15 bits per heavy atom. The van der Waals surface area contributed by atoms with Gasteiger partial charge in [0.25, 0.3) is 0 Å². The van der Waals surface area contributed by atoms with Crippen LogP contribution in [0.4, 0.5) is 33.8 Å². The van der Waals surface area contributed by atoms with Gasteiger partial charge in [0.2, 0.25) is 5.95 Å². The summed E-state index contributed by atoms with van der Waals surface area (Å²) in [5, 5.41) is 6.48. The first-order valence-electron chi connectivity index (χ1n) is 13.2. The molecule has 1 fully saturated rings. The van der Waals surface area contributed by atoms with Gasteiger partial charge in [-0.05, 0) is 70.9 Å². The molecule has 5 rings (SSSR count). The van der Waals surface area contributed by atoms with Crippen LogP contribution in [0.15, 0.2) is 51.9 Å². The van der Waals surface area contributed by atoms with E-state index in [1.807, 2.05) is 45.9 Å². The minimum absolute atomic E-state index is 0.0459. The number of aromatic amines is 1. The van der Waals surface area contributed by atoms with Crippen molar-refractivity contribution in [2.24, 2.45) is 0 Å². The Hall–Kier alpha value is -4.61. The number of anilines is 5. The van der Waals surface area contributed by atoms with Crippen LogP contribution in [0.3, 0.4) is 0 Å². The van der Waals surface area contributed by atoms with Crippen molar-refractivity contribution in [2.45, 2.75) is 52.2 Å². The number of fused-ring (bicyclic) bond motifs is 1. The summed E-state index contributed by atoms with van der Waals surface area (Å²) in [6.07, 6.45) is 5.04. The molecule has 1 aliphatic rings. The second kappa shape index (κ2) is 10.9. The molecule has 0 unspecified atom stereocenters. The van der Waals surface area contributed by atoms with Gasteiger partial charge in [0.1, 0.15) is 17.2 Å². The van der Waals surface area contributed by atoms with E-state index in [1.165, 1.54) is 0 Å². The monoisotopic (exact) mass is 546 g/mol. The third-order valence-corrected chi connectivity index (χ3v) is 6.61. The SMILES string of the molecule is Cc1cnc(Nc2ccc(N3CCC[C@@H](N(C)C(=O)OC(C)(C)C)C3)nc2)nc1Nc1ccc2oc(=O)[nH]c2c1. The van der Waals surface area contributed by atoms with Crippen molar-refractivity contribution in [3.8, 4) is 0 Å². The van der Waals surface area contributed by atoms with Crippen molar-refractivity contribution in [2.75, 3.05) is 35.7 Å². The molecule has 1 aliphatic heterocycles. The lowest BCUT2D eigenvalue weighted by molar-refractivity contribution is 0.0209. The number of pyridine rings is 1. The number of hydrogen-bond acceptors (Lipinski definition) is 10. The molecule has 0 aliphatic carbocycles. The second-order valence-electron chi connectivity index (χ2n) is 10.9. The number of rotatable bonds is 6. The number of carbonyl (C=O) groups excluding carboxylic acids is 1. The molecule has 4 heterocycles. The topological polar surface area (TPSA) is 142 Å². The fourth-order valence-corrected chi connectivity index (χ4v) is 4.53. The number of nitrogens with zero attached hydrogens (tertiary/aromatic N) is 5. The Balaban J connectivity index is 1.23. The van der Waals surface area contributed by atoms with Gasteiger partial charge in [-0.25, -0.2) is 19.6 Å². The van der Waals surface area contributed by atoms with E-state index < -0.39 is 11.4 Å². The van der Waals surface area contributed by atoms with Gasteiger partial charge >= 0.3 is 11.8 Å². The van der Waals surface area contributed by atoms with E-state index >= 15 is 0 Å². The summed E-state index contributed by atoms with van der Waals surface area (Å²) in [4.78, 5) is 44.2. The van der Waals surface area contributed by atoms with E-state index in [2.05, 4.69) is 35.5 Å². The van der Waals surface area contributed by atoms with Crippen molar-refractivity contribution < 1.29 is 13.9 Å². The van der Waals surface area contributed by atoms with Crippen LogP contribution >= 0.6 is 0 Å². The summed E-state index contributed by atoms with van der Waals surface area (Å²) in [5.74, 6) is 1.38. The second-order valence-corrected chi connectivity index (χ2v) is 10.9. The Kier molecular flexibility index (Phi) is 7.33. The first-order valence-corrected chi connectivity index (χ1v) is 13.2. The number of carbonyl (C=O) groups is 1. The lowest BCUT2D eigenvalue weighted by atomic mass is 10.0. The molecular formula is C28H34N8O4. The highest BCUT2D eigenvalue weighted by atomic mass is 16.6. The molecular weight excluding hydrogens is 512 g/mol. The molecule has 40 heavy (non-hydrogen) atoms. The first-order chi connectivity index (χ1) is 19.0. The lowest BCUT2D eigenvalue weighted by Gasteiger charge is -2.38. The summed E-state index contributed by atoms with van der Waals surface area (Å²) in [6.45, 7) is 9.08. The molecule has 1 saturated heterocycles. The maximum Gasteiger partial charge on any atom is 0.417 e. The molecule has 3 aromatic heterocycles. The van der Waals surface area contributed by atoms with E-state index in [0.29, 0.717) is 29.4 Å². The Morgan fingerprint density at radius 2 is 1.95 bits per heavy atom. The number of piperidine rings is 1. The van der Waals surface area contributed by atoms with Gasteiger partial charge in [-0.15, -0.1) is 0 Å². The predicted molar refractivity (Wildman–Crippen MR) is 154 cm³/mol. The Morgan fingerprint density at radius 3 is 2.70 bits per heavy atom. The van der Waals surface area contributed by atoms with Crippen LogP contribution in [0, 0.1) is 6.92 Å². The minimum Gasteiger partial charge on any atom is -0.444 e. The van der Waals surface area contributed by atoms with E-state index in [0.717, 1.165) is 42.1 Å². The van der Waals surface area contributed by atoms with Crippen LogP contribution < -0.4 is 21.3 Å². The van der Waals surface area contributed by atoms with Gasteiger partial charge in [-0.2, -0.15) is 4.98 Å². The van der Waals surface area contributed by atoms with Crippen LogP contribution in [0.1, 0.15) is 39.2 Å². The van der Waals surface area contributed by atoms with Crippen LogP contribution in [0.5, 0.6) is 0 Å². The molecule has 0 saturated carbocycles. The number of aromatic nitrogens is 4. The average molecular weight is 547 g/mol. The molecule has 1 aromatic carbocycles. The summed E-state index contributed by atoms with van der Waals surface area (Å²) < 4.78 is 10.6. The molecule has 0 spiro atoms. The molecule has 0 bridgehead atoms. The highest BCUT2D eigenvalue weighted by Gasteiger charge is 2.29. The maximum absolute atomic E-state index is 12.5. The summed E-state index contributed by atoms with van der Waals surface area (Å²) in [6, 6.07) is 9.25. The molecule has 12 nitrogen and oxygen atoms in total. The number of hydrogen-bond donors (Lipinski definition) is 3. The fraction of sp³-hybridized carbons (Fsp3) is 0.393. The summed E-state index contributed by atoms with van der Waals surface area (Å²) in [7, 11) is 1.80. The number of ether oxygens (including phenoxy) is 1. The number of amides is 1. The van der Waals surface area contributed by atoms with Gasteiger partial charge in [0, 0.05) is 37.6 Å². The van der Waals surface area contributed by atoms with E-state index in [4.69, 9.17) is 9.15 Å². The first kappa shape index (κ1) is 27.0. The zero-order chi connectivity index (χ0) is 28.4. The zero-order valence-electron chi connectivity index (χ0n) is 23.3. The quantitative estimate of drug-likeness (QED) is 0.304. The molecule has 4 aromatic rings. The maximum atomic E-state index is 12.5. The molecule has 12 heteroatoms. The largest absolute Gasteiger partial charge is 0.444 e. The van der Waals surface area contributed by atoms with Crippen molar-refractivity contribution in [1.82, 2.24) is 24.8 Å². The van der Waals surface area contributed by atoms with Crippen LogP contribution in [-0.4, -0.2) is 62.7 Å². The van der Waals surface area contributed by atoms with Crippen molar-refractivity contribution in [1.29, 1.82) is 0 Å². The number of oxazole rings is 1. The van der Waals surface area contributed by atoms with Crippen LogP contribution in [0.25, 0.3) is 11.1 Å². The van der Waals surface area contributed by atoms with Gasteiger partial charge in [0.15, 0.2) is 5.58 Å². The van der Waals surface area contributed by atoms with Gasteiger partial charge in [-0.1, -0.05) is 0 Å². The molecule has 1 atom stereocenters. The number of H-pyrrole nitrogens is 1. The van der Waals surface area contributed by atoms with Gasteiger partial charge in [0.05, 0.1) is 23.4 Å². The van der Waals surface area contributed by atoms with Crippen LogP contribution in [-0.2, 0) is 4.74 Å². The minimum atomic E-state index is -0.530. The normalized spacial score (nSPS) is 15.6. The number of aryl methyl sites for hydroxylation is 1. The number of nitrogens with one attached hydrogen (secondary N) is 3. The van der Waals surface area contributed by atoms with E-state index in [1.54, 1.807) is 36.5 Å². The lowest BCUT2D eigenvalue weighted by Crippen LogP contribution is -2.50. The summed E-state index contributed by atoms with van der Waals surface area (Å²) in [5.41, 5.74) is 2.91. The third-order valence-electron chi connectivity index (χ3n) is 6.61. The summed E-state index contributed by atoms with van der Waals surface area (Å²) >= 11 is 0. The van der Waals surface area contributed by atoms with Crippen molar-refractivity contribution in [3.63, 3.8) is 0 Å². The van der Waals surface area contributed by atoms with Crippen molar-refractivity contribution >= 4 is 46.2 Å². The number of likely N-dealkylation sites (N-methyl/N-ethyl adjacent to an activating group) is 1. The van der Waals surface area contributed by atoms with E-state index in [9.17, 15) is 9.59 Å². The van der Waals surface area contributed by atoms with Crippen LogP contribution in [0.2, 0.25) is 0 Å². The standard InChI is InChI=1S/C28H34N8O4/c1-17-14-30-25(34-24(17)31-18-8-10-22-21(13-18)33-26(37)39-22)32-19-9-11-23(29-15-19)36-12-6-7-20(16-36)35(5)27(38)40-28(2,3)4/h8-11,13-15,20H,6-7,12,16H2,1-5H3,(H,33,37)(H2,30,31,32,34)/t20-/m1/s1. The van der Waals surface area contributed by atoms with E-state index in [-0.39, 0.29) is 12.1 Å². The average Bonchev–Trinajstić information content (AvgIpc) is 3.29. The fourth-order valence-electron chi connectivity index (χ4n) is 4.53. The molecule has 1 amide bonds. The van der Waals surface area contributed by atoms with Crippen molar-refractivity contribution in [3.05, 3.63) is 58.8 Å².